The maximum Gasteiger partial charge on any atom is 0.307 e. The van der Waals surface area contributed by atoms with Crippen molar-refractivity contribution in [2.24, 2.45) is 0 Å². The summed E-state index contributed by atoms with van der Waals surface area (Å²) in [5.41, 5.74) is 2.11. The maximum atomic E-state index is 10.5. The molecule has 0 amide bonds. The van der Waals surface area contributed by atoms with Crippen molar-refractivity contribution >= 4 is 39.7 Å². The minimum Gasteiger partial charge on any atom is -0.481 e. The standard InChI is InChI=1S/C9H6INO3/c10-9-11-6-2-1-5(4-8(12)13)3-7(6)14-9/h1-3H,4H2,(H,12,13). The highest BCUT2D eigenvalue weighted by Gasteiger charge is 2.05. The number of carbonyl (C=O) groups is 1. The van der Waals surface area contributed by atoms with Crippen LogP contribution in [0.3, 0.4) is 0 Å². The summed E-state index contributed by atoms with van der Waals surface area (Å²) in [6, 6.07) is 5.22. The van der Waals surface area contributed by atoms with Crippen LogP contribution in [-0.2, 0) is 11.2 Å². The van der Waals surface area contributed by atoms with Crippen molar-refractivity contribution in [2.75, 3.05) is 0 Å². The lowest BCUT2D eigenvalue weighted by atomic mass is 10.1. The molecule has 0 bridgehead atoms. The Bertz CT molecular complexity index is 492. The lowest BCUT2D eigenvalue weighted by Crippen LogP contribution is -1.99. The Morgan fingerprint density at radius 1 is 1.57 bits per heavy atom. The molecular weight excluding hydrogens is 297 g/mol. The molecule has 0 radical (unpaired) electrons. The van der Waals surface area contributed by atoms with E-state index in [0.29, 0.717) is 9.48 Å². The fourth-order valence-corrected chi connectivity index (χ4v) is 1.72. The summed E-state index contributed by atoms with van der Waals surface area (Å²) in [5, 5.41) is 8.60. The van der Waals surface area contributed by atoms with Crippen LogP contribution in [0.25, 0.3) is 11.1 Å². The second kappa shape index (κ2) is 3.56. The Kier molecular flexibility index (Phi) is 2.40. The monoisotopic (exact) mass is 303 g/mol. The Morgan fingerprint density at radius 3 is 3.07 bits per heavy atom. The zero-order chi connectivity index (χ0) is 10.1. The number of fused-ring (bicyclic) bond motifs is 1. The van der Waals surface area contributed by atoms with Gasteiger partial charge in [0.15, 0.2) is 5.58 Å². The Morgan fingerprint density at radius 2 is 2.36 bits per heavy atom. The topological polar surface area (TPSA) is 63.3 Å². The zero-order valence-electron chi connectivity index (χ0n) is 7.03. The minimum atomic E-state index is -0.849. The summed E-state index contributed by atoms with van der Waals surface area (Å²) in [4.78, 5) is 14.6. The fraction of sp³-hybridized carbons (Fsp3) is 0.111. The van der Waals surface area contributed by atoms with Crippen molar-refractivity contribution in [1.82, 2.24) is 4.98 Å². The van der Waals surface area contributed by atoms with Gasteiger partial charge in [0.1, 0.15) is 5.52 Å². The Labute approximate surface area is 93.1 Å². The van der Waals surface area contributed by atoms with Gasteiger partial charge >= 0.3 is 5.97 Å². The van der Waals surface area contributed by atoms with Gasteiger partial charge in [0, 0.05) is 22.6 Å². The molecule has 0 saturated carbocycles. The van der Waals surface area contributed by atoms with E-state index < -0.39 is 5.97 Å². The number of carboxylic acids is 1. The molecule has 72 valence electrons. The van der Waals surface area contributed by atoms with Crippen LogP contribution in [0.4, 0.5) is 0 Å². The van der Waals surface area contributed by atoms with Crippen molar-refractivity contribution in [1.29, 1.82) is 0 Å². The van der Waals surface area contributed by atoms with Crippen LogP contribution in [0, 0.1) is 3.90 Å². The van der Waals surface area contributed by atoms with Crippen molar-refractivity contribution in [3.05, 3.63) is 27.7 Å². The van der Waals surface area contributed by atoms with Crippen LogP contribution < -0.4 is 0 Å². The number of oxazole rings is 1. The molecule has 1 N–H and O–H groups in total. The molecule has 0 saturated heterocycles. The molecule has 0 aliphatic rings. The van der Waals surface area contributed by atoms with Gasteiger partial charge in [-0.3, -0.25) is 4.79 Å². The van der Waals surface area contributed by atoms with E-state index in [0.717, 1.165) is 11.1 Å². The molecular formula is C9H6INO3. The third-order valence-electron chi connectivity index (χ3n) is 1.78. The van der Waals surface area contributed by atoms with E-state index in [9.17, 15) is 4.79 Å². The summed E-state index contributed by atoms with van der Waals surface area (Å²) in [6.07, 6.45) is 0.00716. The van der Waals surface area contributed by atoms with E-state index >= 15 is 0 Å². The summed E-state index contributed by atoms with van der Waals surface area (Å²) in [6.45, 7) is 0. The number of aromatic nitrogens is 1. The molecule has 0 unspecified atom stereocenters. The molecule has 4 nitrogen and oxygen atoms in total. The highest BCUT2D eigenvalue weighted by atomic mass is 127. The number of hydrogen-bond donors (Lipinski definition) is 1. The maximum absolute atomic E-state index is 10.5. The van der Waals surface area contributed by atoms with E-state index in [1.54, 1.807) is 18.2 Å². The van der Waals surface area contributed by atoms with E-state index in [4.69, 9.17) is 9.52 Å². The number of nitrogens with zero attached hydrogens (tertiary/aromatic N) is 1. The fourth-order valence-electron chi connectivity index (χ4n) is 1.23. The summed E-state index contributed by atoms with van der Waals surface area (Å²) in [7, 11) is 0. The SMILES string of the molecule is O=C(O)Cc1ccc2nc(I)oc2c1. The second-order valence-electron chi connectivity index (χ2n) is 2.84. The van der Waals surface area contributed by atoms with Gasteiger partial charge in [-0.1, -0.05) is 6.07 Å². The first-order chi connectivity index (χ1) is 6.65. The van der Waals surface area contributed by atoms with Gasteiger partial charge in [0.05, 0.1) is 6.42 Å². The van der Waals surface area contributed by atoms with Crippen molar-refractivity contribution in [3.8, 4) is 0 Å². The van der Waals surface area contributed by atoms with Gasteiger partial charge in [0.2, 0.25) is 0 Å². The summed E-state index contributed by atoms with van der Waals surface area (Å²) >= 11 is 1.98. The van der Waals surface area contributed by atoms with Crippen LogP contribution in [0.2, 0.25) is 0 Å². The Hall–Kier alpha value is -1.11. The van der Waals surface area contributed by atoms with Gasteiger partial charge in [-0.2, -0.15) is 0 Å². The van der Waals surface area contributed by atoms with Gasteiger partial charge < -0.3 is 9.52 Å². The van der Waals surface area contributed by atoms with Crippen molar-refractivity contribution in [2.45, 2.75) is 6.42 Å². The summed E-state index contributed by atoms with van der Waals surface area (Å²) in [5.74, 6) is -0.849. The zero-order valence-corrected chi connectivity index (χ0v) is 9.19. The Balaban J connectivity index is 2.45. The number of hydrogen-bond acceptors (Lipinski definition) is 3. The summed E-state index contributed by atoms with van der Waals surface area (Å²) < 4.78 is 5.83. The smallest absolute Gasteiger partial charge is 0.307 e. The minimum absolute atomic E-state index is 0.00716. The van der Waals surface area contributed by atoms with Crippen LogP contribution in [0.1, 0.15) is 5.56 Å². The highest BCUT2D eigenvalue weighted by Crippen LogP contribution is 2.18. The van der Waals surface area contributed by atoms with E-state index in [2.05, 4.69) is 4.98 Å². The predicted octanol–water partition coefficient (Wildman–Crippen LogP) is 2.06. The van der Waals surface area contributed by atoms with Gasteiger partial charge in [-0.25, -0.2) is 4.98 Å². The van der Waals surface area contributed by atoms with Crippen LogP contribution >= 0.6 is 22.6 Å². The molecule has 2 rings (SSSR count). The molecule has 2 aromatic rings. The number of aliphatic carboxylic acids is 1. The van der Waals surface area contributed by atoms with Gasteiger partial charge in [-0.05, 0) is 17.7 Å². The first-order valence-electron chi connectivity index (χ1n) is 3.92. The van der Waals surface area contributed by atoms with E-state index in [1.165, 1.54) is 0 Å². The normalized spacial score (nSPS) is 10.6. The molecule has 0 aliphatic heterocycles. The first kappa shape index (κ1) is 9.45. The molecule has 1 aromatic heterocycles. The lowest BCUT2D eigenvalue weighted by Gasteiger charge is -1.94. The largest absolute Gasteiger partial charge is 0.481 e. The highest BCUT2D eigenvalue weighted by molar-refractivity contribution is 14.1. The molecule has 5 heteroatoms. The molecule has 0 spiro atoms. The van der Waals surface area contributed by atoms with Crippen molar-refractivity contribution in [3.63, 3.8) is 0 Å². The average molecular weight is 303 g/mol. The molecule has 0 aliphatic carbocycles. The van der Waals surface area contributed by atoms with Gasteiger partial charge in [0.25, 0.3) is 3.90 Å². The molecule has 14 heavy (non-hydrogen) atoms. The molecule has 0 atom stereocenters. The predicted molar refractivity (Wildman–Crippen MR) is 58.1 cm³/mol. The van der Waals surface area contributed by atoms with Crippen molar-refractivity contribution < 1.29 is 14.3 Å². The van der Waals surface area contributed by atoms with Gasteiger partial charge in [-0.15, -0.1) is 0 Å². The van der Waals surface area contributed by atoms with Crippen LogP contribution in [-0.4, -0.2) is 16.1 Å². The van der Waals surface area contributed by atoms with E-state index in [-0.39, 0.29) is 6.42 Å². The quantitative estimate of drug-likeness (QED) is 0.863. The number of rotatable bonds is 2. The molecule has 1 aromatic carbocycles. The third kappa shape index (κ3) is 1.87. The second-order valence-corrected chi connectivity index (χ2v) is 3.76. The van der Waals surface area contributed by atoms with Crippen LogP contribution in [0.15, 0.2) is 22.6 Å². The lowest BCUT2D eigenvalue weighted by molar-refractivity contribution is -0.136. The van der Waals surface area contributed by atoms with E-state index in [1.807, 2.05) is 22.6 Å². The first-order valence-corrected chi connectivity index (χ1v) is 5.00. The van der Waals surface area contributed by atoms with Crippen LogP contribution in [0.5, 0.6) is 0 Å². The average Bonchev–Trinajstić information content (AvgIpc) is 2.42. The molecule has 0 fully saturated rings. The number of halogens is 1. The number of benzene rings is 1. The number of carboxylic acid groups (broad SMARTS) is 1. The molecule has 1 heterocycles. The third-order valence-corrected chi connectivity index (χ3v) is 2.24.